The number of hydrogen-bond acceptors (Lipinski definition) is 4. The predicted molar refractivity (Wildman–Crippen MR) is 71.5 cm³/mol. The molecule has 5 nitrogen and oxygen atoms in total. The van der Waals surface area contributed by atoms with Gasteiger partial charge in [-0.15, -0.1) is 0 Å². The van der Waals surface area contributed by atoms with Crippen LogP contribution in [0.5, 0.6) is 0 Å². The van der Waals surface area contributed by atoms with Crippen LogP contribution in [-0.2, 0) is 11.3 Å². The minimum atomic E-state index is 0.663. The van der Waals surface area contributed by atoms with E-state index in [1.54, 1.807) is 6.20 Å². The van der Waals surface area contributed by atoms with Gasteiger partial charge in [-0.3, -0.25) is 9.69 Å². The summed E-state index contributed by atoms with van der Waals surface area (Å²) in [6.45, 7) is 5.48. The van der Waals surface area contributed by atoms with Gasteiger partial charge in [-0.1, -0.05) is 0 Å². The zero-order chi connectivity index (χ0) is 13.1. The van der Waals surface area contributed by atoms with Gasteiger partial charge in [0.05, 0.1) is 13.2 Å². The predicted octanol–water partition coefficient (Wildman–Crippen LogP) is 1.13. The zero-order valence-electron chi connectivity index (χ0n) is 10.8. The van der Waals surface area contributed by atoms with Crippen LogP contribution < -0.4 is 0 Å². The Morgan fingerprint density at radius 3 is 2.95 bits per heavy atom. The quantitative estimate of drug-likeness (QED) is 0.772. The van der Waals surface area contributed by atoms with Crippen molar-refractivity contribution in [3.63, 3.8) is 0 Å². The number of hydrogen-bond donors (Lipinski definition) is 0. The summed E-state index contributed by atoms with van der Waals surface area (Å²) >= 11 is 0. The maximum atomic E-state index is 10.9. The van der Waals surface area contributed by atoms with E-state index in [1.807, 2.05) is 18.3 Å². The Hall–Kier alpha value is -1.72. The number of rotatable bonds is 4. The van der Waals surface area contributed by atoms with E-state index in [4.69, 9.17) is 4.74 Å². The molecule has 3 heterocycles. The SMILES string of the molecule is O=Cc1cnc2n(CCN3CCOCC3)cccc1-2. The van der Waals surface area contributed by atoms with Crippen molar-refractivity contribution in [2.75, 3.05) is 32.8 Å². The first-order chi connectivity index (χ1) is 9.38. The average molecular weight is 259 g/mol. The van der Waals surface area contributed by atoms with Crippen molar-refractivity contribution in [3.8, 4) is 11.4 Å². The minimum absolute atomic E-state index is 0.663. The maximum absolute atomic E-state index is 10.9. The second kappa shape index (κ2) is 5.50. The van der Waals surface area contributed by atoms with Gasteiger partial charge in [0.15, 0.2) is 6.29 Å². The molecule has 1 fully saturated rings. The van der Waals surface area contributed by atoms with Crippen molar-refractivity contribution >= 4 is 6.29 Å². The van der Waals surface area contributed by atoms with E-state index in [2.05, 4.69) is 14.5 Å². The maximum Gasteiger partial charge on any atom is 0.152 e. The fourth-order valence-corrected chi connectivity index (χ4v) is 2.46. The van der Waals surface area contributed by atoms with Gasteiger partial charge < -0.3 is 9.30 Å². The first kappa shape index (κ1) is 12.3. The fraction of sp³-hybridized carbons (Fsp3) is 0.429. The molecule has 0 aromatic carbocycles. The lowest BCUT2D eigenvalue weighted by molar-refractivity contribution is 0.0364. The topological polar surface area (TPSA) is 47.4 Å². The smallest absolute Gasteiger partial charge is 0.152 e. The highest BCUT2D eigenvalue weighted by Crippen LogP contribution is 2.23. The highest BCUT2D eigenvalue weighted by atomic mass is 16.5. The molecule has 0 spiro atoms. The summed E-state index contributed by atoms with van der Waals surface area (Å²) in [6.07, 6.45) is 4.52. The second-order valence-corrected chi connectivity index (χ2v) is 4.72. The molecule has 0 aromatic heterocycles. The Morgan fingerprint density at radius 2 is 2.16 bits per heavy atom. The largest absolute Gasteiger partial charge is 0.379 e. The third kappa shape index (κ3) is 2.52. The average Bonchev–Trinajstić information content (AvgIpc) is 2.90. The lowest BCUT2D eigenvalue weighted by Crippen LogP contribution is -2.38. The number of nitrogens with zero attached hydrogens (tertiary/aromatic N) is 3. The third-order valence-corrected chi connectivity index (χ3v) is 3.57. The number of aldehydes is 1. The van der Waals surface area contributed by atoms with Gasteiger partial charge in [-0.2, -0.15) is 0 Å². The van der Waals surface area contributed by atoms with Crippen LogP contribution in [-0.4, -0.2) is 53.6 Å². The van der Waals surface area contributed by atoms with E-state index in [0.29, 0.717) is 5.56 Å². The molecule has 100 valence electrons. The van der Waals surface area contributed by atoms with E-state index in [0.717, 1.165) is 57.1 Å². The van der Waals surface area contributed by atoms with Gasteiger partial charge in [-0.25, -0.2) is 4.98 Å². The molecule has 0 unspecified atom stereocenters. The molecule has 1 saturated heterocycles. The molecule has 0 radical (unpaired) electrons. The Kier molecular flexibility index (Phi) is 3.57. The number of carbonyl (C=O) groups excluding carboxylic acids is 1. The zero-order valence-corrected chi connectivity index (χ0v) is 10.8. The highest BCUT2D eigenvalue weighted by Gasteiger charge is 2.15. The second-order valence-electron chi connectivity index (χ2n) is 4.72. The minimum Gasteiger partial charge on any atom is -0.379 e. The van der Waals surface area contributed by atoms with Gasteiger partial charge in [0, 0.05) is 49.7 Å². The lowest BCUT2D eigenvalue weighted by atomic mass is 10.1. The van der Waals surface area contributed by atoms with Crippen molar-refractivity contribution in [3.05, 3.63) is 30.1 Å². The monoisotopic (exact) mass is 259 g/mol. The van der Waals surface area contributed by atoms with Gasteiger partial charge in [-0.05, 0) is 12.1 Å². The van der Waals surface area contributed by atoms with Gasteiger partial charge in [0.25, 0.3) is 0 Å². The van der Waals surface area contributed by atoms with E-state index >= 15 is 0 Å². The van der Waals surface area contributed by atoms with Gasteiger partial charge in [0.1, 0.15) is 5.82 Å². The number of aromatic nitrogens is 2. The Morgan fingerprint density at radius 1 is 1.32 bits per heavy atom. The van der Waals surface area contributed by atoms with Gasteiger partial charge >= 0.3 is 0 Å². The van der Waals surface area contributed by atoms with E-state index in [-0.39, 0.29) is 0 Å². The van der Waals surface area contributed by atoms with Crippen molar-refractivity contribution in [1.29, 1.82) is 0 Å². The van der Waals surface area contributed by atoms with Crippen LogP contribution in [0.2, 0.25) is 0 Å². The molecule has 0 N–H and O–H groups in total. The molecule has 5 heteroatoms. The summed E-state index contributed by atoms with van der Waals surface area (Å²) in [4.78, 5) is 17.7. The Labute approximate surface area is 112 Å². The number of morpholine rings is 1. The van der Waals surface area contributed by atoms with E-state index in [9.17, 15) is 4.79 Å². The molecule has 3 aliphatic rings. The molecule has 3 rings (SSSR count). The molecule has 0 saturated carbocycles. The van der Waals surface area contributed by atoms with Gasteiger partial charge in [0.2, 0.25) is 0 Å². The van der Waals surface area contributed by atoms with Crippen LogP contribution in [0.15, 0.2) is 24.5 Å². The summed E-state index contributed by atoms with van der Waals surface area (Å²) in [7, 11) is 0. The summed E-state index contributed by atoms with van der Waals surface area (Å²) in [5, 5.41) is 0. The number of ether oxygens (including phenoxy) is 1. The molecule has 0 bridgehead atoms. The lowest BCUT2D eigenvalue weighted by Gasteiger charge is -2.27. The van der Waals surface area contributed by atoms with Crippen molar-refractivity contribution in [2.45, 2.75) is 6.54 Å². The van der Waals surface area contributed by atoms with Crippen LogP contribution in [0.1, 0.15) is 10.4 Å². The van der Waals surface area contributed by atoms with Crippen LogP contribution in [0, 0.1) is 0 Å². The summed E-state index contributed by atoms with van der Waals surface area (Å²) in [6, 6.07) is 3.91. The highest BCUT2D eigenvalue weighted by molar-refractivity contribution is 5.86. The van der Waals surface area contributed by atoms with E-state index < -0.39 is 0 Å². The molecular weight excluding hydrogens is 242 g/mol. The number of pyridine rings is 1. The third-order valence-electron chi connectivity index (χ3n) is 3.57. The van der Waals surface area contributed by atoms with Crippen LogP contribution >= 0.6 is 0 Å². The van der Waals surface area contributed by atoms with Crippen molar-refractivity contribution < 1.29 is 9.53 Å². The first-order valence-corrected chi connectivity index (χ1v) is 6.57. The summed E-state index contributed by atoms with van der Waals surface area (Å²) < 4.78 is 7.45. The molecule has 19 heavy (non-hydrogen) atoms. The number of carbonyl (C=O) groups is 1. The molecular formula is C14H17N3O2. The fourth-order valence-electron chi connectivity index (χ4n) is 2.46. The molecule has 0 aliphatic carbocycles. The van der Waals surface area contributed by atoms with Crippen molar-refractivity contribution in [2.24, 2.45) is 0 Å². The summed E-state index contributed by atoms with van der Waals surface area (Å²) in [5.74, 6) is 0.887. The Bertz CT molecular complexity index is 532. The molecule has 3 aliphatic heterocycles. The number of fused-ring (bicyclic) bond motifs is 1. The van der Waals surface area contributed by atoms with E-state index in [1.165, 1.54) is 0 Å². The van der Waals surface area contributed by atoms with Crippen LogP contribution in [0.4, 0.5) is 0 Å². The van der Waals surface area contributed by atoms with Crippen LogP contribution in [0.3, 0.4) is 0 Å². The standard InChI is InChI=1S/C14H17N3O2/c18-11-12-10-15-14-13(12)2-1-3-17(14)5-4-16-6-8-19-9-7-16/h1-3,10-11H,4-9H2. The molecule has 0 atom stereocenters. The summed E-state index contributed by atoms with van der Waals surface area (Å²) in [5.41, 5.74) is 1.59. The normalized spacial score (nSPS) is 16.8. The van der Waals surface area contributed by atoms with Crippen molar-refractivity contribution in [1.82, 2.24) is 14.5 Å². The molecule has 0 aromatic rings. The first-order valence-electron chi connectivity index (χ1n) is 6.57. The Balaban J connectivity index is 1.72. The van der Waals surface area contributed by atoms with Crippen LogP contribution in [0.25, 0.3) is 11.4 Å². The molecule has 0 amide bonds.